The third-order valence-corrected chi connectivity index (χ3v) is 3.95. The second-order valence-corrected chi connectivity index (χ2v) is 5.11. The van der Waals surface area contributed by atoms with Crippen molar-refractivity contribution >= 4 is 50.7 Å². The van der Waals surface area contributed by atoms with E-state index < -0.39 is 11.7 Å². The smallest absolute Gasteiger partial charge is 0.258 e. The Morgan fingerprint density at radius 3 is 2.84 bits per heavy atom. The average Bonchev–Trinajstić information content (AvgIpc) is 2.38. The van der Waals surface area contributed by atoms with Crippen molar-refractivity contribution in [3.05, 3.63) is 56.5 Å². The number of benzene rings is 1. The van der Waals surface area contributed by atoms with Gasteiger partial charge in [-0.15, -0.1) is 0 Å². The molecule has 19 heavy (non-hydrogen) atoms. The van der Waals surface area contributed by atoms with Crippen LogP contribution in [0.2, 0.25) is 10.2 Å². The Hall–Kier alpha value is -1.17. The Bertz CT molecular complexity index is 652. The van der Waals surface area contributed by atoms with Crippen LogP contribution in [0.5, 0.6) is 0 Å². The number of amides is 1. The lowest BCUT2D eigenvalue weighted by molar-refractivity contribution is 0.102. The van der Waals surface area contributed by atoms with Gasteiger partial charge in [0.1, 0.15) is 11.0 Å². The van der Waals surface area contributed by atoms with Crippen LogP contribution in [-0.2, 0) is 0 Å². The fourth-order valence-corrected chi connectivity index (χ4v) is 2.10. The maximum absolute atomic E-state index is 13.1. The Morgan fingerprint density at radius 1 is 1.37 bits per heavy atom. The average molecular weight is 364 g/mol. The largest absolute Gasteiger partial charge is 0.321 e. The first-order chi connectivity index (χ1) is 8.99. The van der Waals surface area contributed by atoms with E-state index in [0.29, 0.717) is 15.2 Å². The molecule has 1 heterocycles. The maximum Gasteiger partial charge on any atom is 0.258 e. The van der Waals surface area contributed by atoms with Gasteiger partial charge in [-0.3, -0.25) is 4.79 Å². The molecule has 1 amide bonds. The minimum absolute atomic E-state index is 0.0476. The molecule has 1 aromatic carbocycles. The maximum atomic E-state index is 13.1. The molecule has 0 saturated carbocycles. The van der Waals surface area contributed by atoms with Gasteiger partial charge in [0.15, 0.2) is 0 Å². The van der Waals surface area contributed by atoms with Crippen molar-refractivity contribution in [1.29, 1.82) is 0 Å². The fraction of sp³-hybridized carbons (Fsp3) is 0. The van der Waals surface area contributed by atoms with Crippen LogP contribution in [0, 0.1) is 5.82 Å². The van der Waals surface area contributed by atoms with Crippen LogP contribution >= 0.6 is 39.1 Å². The molecule has 7 heteroatoms. The second-order valence-electron chi connectivity index (χ2n) is 3.55. The van der Waals surface area contributed by atoms with Gasteiger partial charge in [0.25, 0.3) is 5.91 Å². The zero-order valence-electron chi connectivity index (χ0n) is 9.25. The van der Waals surface area contributed by atoms with E-state index in [2.05, 4.69) is 26.2 Å². The number of hydrogen-bond donors (Lipinski definition) is 1. The minimum Gasteiger partial charge on any atom is -0.321 e. The predicted molar refractivity (Wildman–Crippen MR) is 76.3 cm³/mol. The number of carbonyl (C=O) groups is 1. The monoisotopic (exact) mass is 362 g/mol. The highest BCUT2D eigenvalue weighted by Gasteiger charge is 2.14. The number of carbonyl (C=O) groups excluding carboxylic acids is 1. The van der Waals surface area contributed by atoms with Crippen LogP contribution in [0.25, 0.3) is 0 Å². The summed E-state index contributed by atoms with van der Waals surface area (Å²) in [7, 11) is 0. The van der Waals surface area contributed by atoms with Crippen LogP contribution in [0.4, 0.5) is 10.1 Å². The molecule has 2 rings (SSSR count). The summed E-state index contributed by atoms with van der Waals surface area (Å²) in [6, 6.07) is 6.00. The lowest BCUT2D eigenvalue weighted by atomic mass is 10.2. The highest BCUT2D eigenvalue weighted by atomic mass is 79.9. The van der Waals surface area contributed by atoms with Crippen molar-refractivity contribution in [3.63, 3.8) is 0 Å². The van der Waals surface area contributed by atoms with Gasteiger partial charge in [-0.1, -0.05) is 29.3 Å². The third-order valence-electron chi connectivity index (χ3n) is 2.25. The van der Waals surface area contributed by atoms with E-state index in [1.807, 2.05) is 0 Å². The van der Waals surface area contributed by atoms with Gasteiger partial charge in [0.2, 0.25) is 0 Å². The molecular weight excluding hydrogens is 358 g/mol. The van der Waals surface area contributed by atoms with E-state index in [-0.39, 0.29) is 10.7 Å². The van der Waals surface area contributed by atoms with Crippen molar-refractivity contribution in [2.45, 2.75) is 0 Å². The normalized spacial score (nSPS) is 10.3. The summed E-state index contributed by atoms with van der Waals surface area (Å²) in [6.07, 6.45) is 0.939. The molecule has 3 nitrogen and oxygen atoms in total. The van der Waals surface area contributed by atoms with Crippen molar-refractivity contribution in [3.8, 4) is 0 Å². The summed E-state index contributed by atoms with van der Waals surface area (Å²) in [5.41, 5.74) is 0.409. The molecule has 0 spiro atoms. The predicted octanol–water partition coefficient (Wildman–Crippen LogP) is 4.54. The molecule has 0 aliphatic rings. The Labute approximate surface area is 126 Å². The van der Waals surface area contributed by atoms with Gasteiger partial charge >= 0.3 is 0 Å². The van der Waals surface area contributed by atoms with Crippen LogP contribution in [0.15, 0.2) is 34.9 Å². The Kier molecular flexibility index (Phi) is 4.39. The van der Waals surface area contributed by atoms with Gasteiger partial charge in [0.05, 0.1) is 26.9 Å². The van der Waals surface area contributed by atoms with Gasteiger partial charge in [-0.2, -0.15) is 0 Å². The summed E-state index contributed by atoms with van der Waals surface area (Å²) in [5, 5.41) is 2.95. The standard InChI is InChI=1S/C12H6BrCl2FN2O/c13-10-8(14)2-1-3-9(10)18-12(19)7-4-6(16)5-17-11(7)15/h1-5H,(H,18,19). The zero-order valence-corrected chi connectivity index (χ0v) is 12.4. The SMILES string of the molecule is O=C(Nc1cccc(Cl)c1Br)c1cc(F)cnc1Cl. The topological polar surface area (TPSA) is 42.0 Å². The summed E-state index contributed by atoms with van der Waals surface area (Å²) in [5.74, 6) is -1.21. The van der Waals surface area contributed by atoms with Crippen molar-refractivity contribution < 1.29 is 9.18 Å². The van der Waals surface area contributed by atoms with Gasteiger partial charge in [-0.05, 0) is 34.1 Å². The molecule has 0 aliphatic carbocycles. The van der Waals surface area contributed by atoms with Crippen LogP contribution < -0.4 is 5.32 Å². The summed E-state index contributed by atoms with van der Waals surface area (Å²) in [6.45, 7) is 0. The van der Waals surface area contributed by atoms with E-state index >= 15 is 0 Å². The second kappa shape index (κ2) is 5.86. The Balaban J connectivity index is 2.31. The summed E-state index contributed by atoms with van der Waals surface area (Å²) in [4.78, 5) is 15.6. The number of halogens is 4. The summed E-state index contributed by atoms with van der Waals surface area (Å²) < 4.78 is 13.6. The molecule has 0 saturated heterocycles. The highest BCUT2D eigenvalue weighted by Crippen LogP contribution is 2.30. The highest BCUT2D eigenvalue weighted by molar-refractivity contribution is 9.10. The molecular formula is C12H6BrCl2FN2O. The van der Waals surface area contributed by atoms with E-state index in [0.717, 1.165) is 12.3 Å². The van der Waals surface area contributed by atoms with Gasteiger partial charge in [-0.25, -0.2) is 9.37 Å². The lowest BCUT2D eigenvalue weighted by Crippen LogP contribution is -2.13. The summed E-state index contributed by atoms with van der Waals surface area (Å²) >= 11 is 14.9. The first-order valence-corrected chi connectivity index (χ1v) is 6.60. The number of pyridine rings is 1. The first kappa shape index (κ1) is 14.2. The quantitative estimate of drug-likeness (QED) is 0.795. The van der Waals surface area contributed by atoms with E-state index in [1.54, 1.807) is 18.2 Å². The molecule has 0 radical (unpaired) electrons. The van der Waals surface area contributed by atoms with Gasteiger partial charge in [0, 0.05) is 0 Å². The number of nitrogens with zero attached hydrogens (tertiary/aromatic N) is 1. The number of rotatable bonds is 2. The van der Waals surface area contributed by atoms with Gasteiger partial charge < -0.3 is 5.32 Å². The van der Waals surface area contributed by atoms with E-state index in [1.165, 1.54) is 0 Å². The fourth-order valence-electron chi connectivity index (χ4n) is 1.37. The number of hydrogen-bond acceptors (Lipinski definition) is 2. The molecule has 1 N–H and O–H groups in total. The van der Waals surface area contributed by atoms with Crippen molar-refractivity contribution in [1.82, 2.24) is 4.98 Å². The molecule has 0 bridgehead atoms. The number of aromatic nitrogens is 1. The minimum atomic E-state index is -0.639. The first-order valence-electron chi connectivity index (χ1n) is 5.05. The molecule has 1 aromatic heterocycles. The van der Waals surface area contributed by atoms with Crippen molar-refractivity contribution in [2.75, 3.05) is 5.32 Å². The number of anilines is 1. The van der Waals surface area contributed by atoms with Crippen LogP contribution in [-0.4, -0.2) is 10.9 Å². The lowest BCUT2D eigenvalue weighted by Gasteiger charge is -2.09. The molecule has 98 valence electrons. The molecule has 0 unspecified atom stereocenters. The number of nitrogens with one attached hydrogen (secondary N) is 1. The molecule has 0 atom stereocenters. The molecule has 2 aromatic rings. The van der Waals surface area contributed by atoms with Crippen LogP contribution in [0.1, 0.15) is 10.4 Å². The molecule has 0 aliphatic heterocycles. The zero-order chi connectivity index (χ0) is 14.0. The van der Waals surface area contributed by atoms with Crippen molar-refractivity contribution in [2.24, 2.45) is 0 Å². The molecule has 0 fully saturated rings. The Morgan fingerprint density at radius 2 is 2.11 bits per heavy atom. The third kappa shape index (κ3) is 3.23. The van der Waals surface area contributed by atoms with E-state index in [9.17, 15) is 9.18 Å². The van der Waals surface area contributed by atoms with E-state index in [4.69, 9.17) is 23.2 Å². The van der Waals surface area contributed by atoms with Crippen LogP contribution in [0.3, 0.4) is 0 Å².